The number of hydrogen-bond donors (Lipinski definition) is 2. The van der Waals surface area contributed by atoms with Gasteiger partial charge in [-0.25, -0.2) is 0 Å². The molecule has 0 aliphatic heterocycles. The maximum absolute atomic E-state index is 8.76. The first-order valence-electron chi connectivity index (χ1n) is 6.09. The van der Waals surface area contributed by atoms with Gasteiger partial charge >= 0.3 is 0 Å². The molecule has 3 unspecified atom stereocenters. The summed E-state index contributed by atoms with van der Waals surface area (Å²) in [6.07, 6.45) is 4.27. The Bertz CT molecular complexity index is 186. The van der Waals surface area contributed by atoms with Gasteiger partial charge < -0.3 is 15.6 Å². The second kappa shape index (κ2) is 5.83. The highest BCUT2D eigenvalue weighted by molar-refractivity contribution is 4.92. The lowest BCUT2D eigenvalue weighted by molar-refractivity contribution is -0.110. The van der Waals surface area contributed by atoms with Crippen LogP contribution in [0, 0.1) is 11.8 Å². The van der Waals surface area contributed by atoms with Gasteiger partial charge in [-0.3, -0.25) is 0 Å². The van der Waals surface area contributed by atoms with E-state index in [1.165, 1.54) is 12.8 Å². The zero-order chi connectivity index (χ0) is 11.3. The molecule has 0 aromatic carbocycles. The summed E-state index contributed by atoms with van der Waals surface area (Å²) < 4.78 is 5.96. The Labute approximate surface area is 93.0 Å². The quantitative estimate of drug-likeness (QED) is 0.684. The largest absolute Gasteiger partial charge is 0.396 e. The average molecular weight is 215 g/mol. The minimum absolute atomic E-state index is 0.132. The molecule has 1 rings (SSSR count). The van der Waals surface area contributed by atoms with E-state index in [2.05, 4.69) is 13.8 Å². The van der Waals surface area contributed by atoms with Crippen molar-refractivity contribution in [1.82, 2.24) is 0 Å². The van der Waals surface area contributed by atoms with Crippen molar-refractivity contribution >= 4 is 0 Å². The van der Waals surface area contributed by atoms with Crippen LogP contribution < -0.4 is 5.73 Å². The molecule has 0 aromatic heterocycles. The van der Waals surface area contributed by atoms with Crippen molar-refractivity contribution in [1.29, 1.82) is 0 Å². The number of hydrogen-bond acceptors (Lipinski definition) is 3. The fourth-order valence-corrected chi connectivity index (χ4v) is 2.58. The predicted molar refractivity (Wildman–Crippen MR) is 61.6 cm³/mol. The van der Waals surface area contributed by atoms with E-state index < -0.39 is 0 Å². The van der Waals surface area contributed by atoms with Crippen molar-refractivity contribution in [2.24, 2.45) is 17.6 Å². The Morgan fingerprint density at radius 1 is 1.40 bits per heavy atom. The highest BCUT2D eigenvalue weighted by atomic mass is 16.5. The van der Waals surface area contributed by atoms with Crippen molar-refractivity contribution < 1.29 is 9.84 Å². The van der Waals surface area contributed by atoms with Gasteiger partial charge in [-0.05, 0) is 31.1 Å². The summed E-state index contributed by atoms with van der Waals surface area (Å²) in [5.74, 6) is 1.25. The monoisotopic (exact) mass is 215 g/mol. The molecule has 15 heavy (non-hydrogen) atoms. The van der Waals surface area contributed by atoms with E-state index in [-0.39, 0.29) is 12.2 Å². The molecule has 0 spiro atoms. The van der Waals surface area contributed by atoms with Crippen LogP contribution in [-0.4, -0.2) is 30.5 Å². The Morgan fingerprint density at radius 3 is 2.73 bits per heavy atom. The van der Waals surface area contributed by atoms with Crippen molar-refractivity contribution in [3.63, 3.8) is 0 Å². The first kappa shape index (κ1) is 12.9. The lowest BCUT2D eigenvalue weighted by atomic mass is 9.72. The van der Waals surface area contributed by atoms with E-state index in [1.807, 2.05) is 0 Å². The highest BCUT2D eigenvalue weighted by Crippen LogP contribution is 2.38. The van der Waals surface area contributed by atoms with Gasteiger partial charge in [-0.15, -0.1) is 0 Å². The fourth-order valence-electron chi connectivity index (χ4n) is 2.58. The smallest absolute Gasteiger partial charge is 0.0831 e. The molecule has 0 amide bonds. The average Bonchev–Trinajstić information content (AvgIpc) is 2.23. The molecule has 0 heterocycles. The molecule has 3 nitrogen and oxygen atoms in total. The van der Waals surface area contributed by atoms with E-state index in [4.69, 9.17) is 15.6 Å². The summed E-state index contributed by atoms with van der Waals surface area (Å²) in [5.41, 5.74) is 5.75. The molecule has 3 heteroatoms. The molecule has 1 aliphatic carbocycles. The molecule has 1 aliphatic rings. The molecule has 0 saturated heterocycles. The van der Waals surface area contributed by atoms with Crippen LogP contribution in [0.4, 0.5) is 0 Å². The van der Waals surface area contributed by atoms with Gasteiger partial charge in [0.05, 0.1) is 5.60 Å². The third-order valence-corrected chi connectivity index (χ3v) is 3.72. The standard InChI is InChI=1S/C12H25NO2/c1-10-4-5-11(2)12(8-10,9-13)15-7-3-6-14/h10-11,14H,3-9,13H2,1-2H3. The van der Waals surface area contributed by atoms with Crippen LogP contribution in [-0.2, 0) is 4.74 Å². The molecule has 1 saturated carbocycles. The highest BCUT2D eigenvalue weighted by Gasteiger charge is 2.40. The molecule has 3 atom stereocenters. The van der Waals surface area contributed by atoms with Gasteiger partial charge in [0.1, 0.15) is 0 Å². The van der Waals surface area contributed by atoms with Crippen molar-refractivity contribution in [2.45, 2.75) is 45.1 Å². The minimum atomic E-state index is -0.132. The summed E-state index contributed by atoms with van der Waals surface area (Å²) >= 11 is 0. The molecule has 90 valence electrons. The number of ether oxygens (including phenoxy) is 1. The van der Waals surface area contributed by atoms with E-state index in [9.17, 15) is 0 Å². The van der Waals surface area contributed by atoms with Crippen LogP contribution in [0.2, 0.25) is 0 Å². The van der Waals surface area contributed by atoms with E-state index >= 15 is 0 Å². The summed E-state index contributed by atoms with van der Waals surface area (Å²) in [4.78, 5) is 0. The first-order chi connectivity index (χ1) is 7.14. The summed E-state index contributed by atoms with van der Waals surface area (Å²) in [5, 5.41) is 8.76. The van der Waals surface area contributed by atoms with Gasteiger partial charge in [-0.1, -0.05) is 20.3 Å². The number of rotatable bonds is 5. The van der Waals surface area contributed by atoms with Gasteiger partial charge in [0, 0.05) is 19.8 Å². The lowest BCUT2D eigenvalue weighted by Gasteiger charge is -2.44. The molecular weight excluding hydrogens is 190 g/mol. The zero-order valence-electron chi connectivity index (χ0n) is 10.0. The van der Waals surface area contributed by atoms with E-state index in [1.54, 1.807) is 0 Å². The summed E-state index contributed by atoms with van der Waals surface area (Å²) in [6.45, 7) is 5.93. The van der Waals surface area contributed by atoms with Gasteiger partial charge in [0.25, 0.3) is 0 Å². The normalized spacial score (nSPS) is 36.8. The van der Waals surface area contributed by atoms with Crippen LogP contribution in [0.3, 0.4) is 0 Å². The van der Waals surface area contributed by atoms with Crippen LogP contribution >= 0.6 is 0 Å². The second-order valence-corrected chi connectivity index (χ2v) is 4.98. The first-order valence-corrected chi connectivity index (χ1v) is 6.09. The van der Waals surface area contributed by atoms with Gasteiger partial charge in [0.2, 0.25) is 0 Å². The molecule has 0 aromatic rings. The van der Waals surface area contributed by atoms with Crippen molar-refractivity contribution in [3.05, 3.63) is 0 Å². The minimum Gasteiger partial charge on any atom is -0.396 e. The Hall–Kier alpha value is -0.120. The van der Waals surface area contributed by atoms with Crippen molar-refractivity contribution in [2.75, 3.05) is 19.8 Å². The van der Waals surface area contributed by atoms with E-state index in [0.29, 0.717) is 31.4 Å². The lowest BCUT2D eigenvalue weighted by Crippen LogP contribution is -2.50. The van der Waals surface area contributed by atoms with Crippen LogP contribution in [0.25, 0.3) is 0 Å². The van der Waals surface area contributed by atoms with Crippen molar-refractivity contribution in [3.8, 4) is 0 Å². The molecular formula is C12H25NO2. The topological polar surface area (TPSA) is 55.5 Å². The Kier molecular flexibility index (Phi) is 5.03. The zero-order valence-corrected chi connectivity index (χ0v) is 10.0. The van der Waals surface area contributed by atoms with Crippen LogP contribution in [0.1, 0.15) is 39.5 Å². The third-order valence-electron chi connectivity index (χ3n) is 3.72. The van der Waals surface area contributed by atoms with Gasteiger partial charge in [-0.2, -0.15) is 0 Å². The molecule has 0 radical (unpaired) electrons. The third kappa shape index (κ3) is 3.16. The fraction of sp³-hybridized carbons (Fsp3) is 1.00. The van der Waals surface area contributed by atoms with Crippen LogP contribution in [0.5, 0.6) is 0 Å². The van der Waals surface area contributed by atoms with Gasteiger partial charge in [0.15, 0.2) is 0 Å². The number of aliphatic hydroxyl groups excluding tert-OH is 1. The Morgan fingerprint density at radius 2 is 2.13 bits per heavy atom. The summed E-state index contributed by atoms with van der Waals surface area (Å²) in [6, 6.07) is 0. The SMILES string of the molecule is CC1CCC(C)C(CN)(OCCCO)C1. The molecule has 1 fully saturated rings. The molecule has 0 bridgehead atoms. The number of aliphatic hydroxyl groups is 1. The predicted octanol–water partition coefficient (Wildman–Crippen LogP) is 1.54. The van der Waals surface area contributed by atoms with Crippen LogP contribution in [0.15, 0.2) is 0 Å². The molecule has 3 N–H and O–H groups in total. The maximum atomic E-state index is 8.76. The Balaban J connectivity index is 2.54. The maximum Gasteiger partial charge on any atom is 0.0831 e. The number of nitrogens with two attached hydrogens (primary N) is 1. The van der Waals surface area contributed by atoms with E-state index in [0.717, 1.165) is 6.42 Å². The summed E-state index contributed by atoms with van der Waals surface area (Å²) in [7, 11) is 0. The second-order valence-electron chi connectivity index (χ2n) is 4.98.